The molecule has 6 heteroatoms. The number of aromatic nitrogens is 3. The zero-order chi connectivity index (χ0) is 15.2. The van der Waals surface area contributed by atoms with Crippen LogP contribution in [0.25, 0.3) is 22.2 Å². The fourth-order valence-electron chi connectivity index (χ4n) is 2.38. The first kappa shape index (κ1) is 13.6. The second kappa shape index (κ2) is 4.58. The molecule has 2 heterocycles. The monoisotopic (exact) mass is 291 g/mol. The van der Waals surface area contributed by atoms with Crippen LogP contribution in [0.3, 0.4) is 0 Å². The van der Waals surface area contributed by atoms with Gasteiger partial charge in [-0.05, 0) is 19.4 Å². The van der Waals surface area contributed by atoms with E-state index in [1.54, 1.807) is 19.2 Å². The van der Waals surface area contributed by atoms with Crippen LogP contribution < -0.4 is 0 Å². The van der Waals surface area contributed by atoms with Crippen molar-refractivity contribution in [3.8, 4) is 11.3 Å². The highest BCUT2D eigenvalue weighted by atomic mass is 19.4. The lowest BCUT2D eigenvalue weighted by Gasteiger charge is -2.11. The number of fused-ring (bicyclic) bond motifs is 1. The Labute approximate surface area is 118 Å². The third-order valence-electron chi connectivity index (χ3n) is 3.39. The van der Waals surface area contributed by atoms with Crippen molar-refractivity contribution in [2.45, 2.75) is 20.0 Å². The van der Waals surface area contributed by atoms with E-state index in [1.807, 2.05) is 19.1 Å². The van der Waals surface area contributed by atoms with Gasteiger partial charge >= 0.3 is 6.18 Å². The summed E-state index contributed by atoms with van der Waals surface area (Å²) in [5.74, 6) is 0.306. The van der Waals surface area contributed by atoms with Gasteiger partial charge in [-0.25, -0.2) is 9.97 Å². The summed E-state index contributed by atoms with van der Waals surface area (Å²) >= 11 is 0. The number of halogens is 3. The highest BCUT2D eigenvalue weighted by molar-refractivity contribution is 5.96. The molecule has 0 spiro atoms. The van der Waals surface area contributed by atoms with Crippen molar-refractivity contribution in [1.29, 1.82) is 0 Å². The van der Waals surface area contributed by atoms with Gasteiger partial charge in [0, 0.05) is 28.9 Å². The highest BCUT2D eigenvalue weighted by Crippen LogP contribution is 2.38. The van der Waals surface area contributed by atoms with Gasteiger partial charge in [-0.2, -0.15) is 13.2 Å². The summed E-state index contributed by atoms with van der Waals surface area (Å²) in [5.41, 5.74) is 1.31. The molecule has 3 rings (SSSR count). The van der Waals surface area contributed by atoms with Crippen molar-refractivity contribution in [2.24, 2.45) is 0 Å². The SMILES string of the molecule is Cc1ncc(C(F)(F)F)c(-c2c[nH]c3c(C)cccc23)n1. The predicted molar refractivity (Wildman–Crippen MR) is 73.8 cm³/mol. The summed E-state index contributed by atoms with van der Waals surface area (Å²) in [6.07, 6.45) is -2.09. The van der Waals surface area contributed by atoms with Gasteiger partial charge in [-0.1, -0.05) is 18.2 Å². The maximum absolute atomic E-state index is 13.2. The number of H-pyrrole nitrogens is 1. The van der Waals surface area contributed by atoms with Crippen molar-refractivity contribution >= 4 is 10.9 Å². The van der Waals surface area contributed by atoms with E-state index in [1.165, 1.54) is 0 Å². The van der Waals surface area contributed by atoms with Crippen LogP contribution in [0.5, 0.6) is 0 Å². The van der Waals surface area contributed by atoms with E-state index < -0.39 is 11.7 Å². The van der Waals surface area contributed by atoms with Crippen molar-refractivity contribution in [1.82, 2.24) is 15.0 Å². The molecule has 1 N–H and O–H groups in total. The minimum atomic E-state index is -4.49. The van der Waals surface area contributed by atoms with Crippen LogP contribution in [-0.2, 0) is 6.18 Å². The van der Waals surface area contributed by atoms with Gasteiger partial charge in [-0.3, -0.25) is 0 Å². The molecule has 0 unspecified atom stereocenters. The Morgan fingerprint density at radius 3 is 2.62 bits per heavy atom. The van der Waals surface area contributed by atoms with Crippen molar-refractivity contribution in [2.75, 3.05) is 0 Å². The summed E-state index contributed by atoms with van der Waals surface area (Å²) in [5, 5.41) is 0.721. The molecule has 1 aromatic carbocycles. The Morgan fingerprint density at radius 1 is 1.14 bits per heavy atom. The van der Waals surface area contributed by atoms with Crippen LogP contribution in [0.1, 0.15) is 17.0 Å². The molecule has 3 aromatic rings. The molecular weight excluding hydrogens is 279 g/mol. The smallest absolute Gasteiger partial charge is 0.360 e. The summed E-state index contributed by atoms with van der Waals surface area (Å²) < 4.78 is 39.5. The first-order chi connectivity index (χ1) is 9.88. The standard InChI is InChI=1S/C15H12F3N3/c1-8-4-3-5-10-11(6-20-13(8)10)14-12(15(16,17)18)7-19-9(2)21-14/h3-7,20H,1-2H3. The van der Waals surface area contributed by atoms with E-state index in [-0.39, 0.29) is 5.69 Å². The Balaban J connectivity index is 2.33. The number of nitrogens with one attached hydrogen (secondary N) is 1. The van der Waals surface area contributed by atoms with Crippen molar-refractivity contribution in [3.63, 3.8) is 0 Å². The third-order valence-corrected chi connectivity index (χ3v) is 3.39. The minimum Gasteiger partial charge on any atom is -0.360 e. The molecule has 3 nitrogen and oxygen atoms in total. The van der Waals surface area contributed by atoms with Gasteiger partial charge in [0.25, 0.3) is 0 Å². The number of para-hydroxylation sites is 1. The van der Waals surface area contributed by atoms with E-state index >= 15 is 0 Å². The average Bonchev–Trinajstić information content (AvgIpc) is 2.82. The second-order valence-corrected chi connectivity index (χ2v) is 4.88. The van der Waals surface area contributed by atoms with Crippen LogP contribution in [0, 0.1) is 13.8 Å². The zero-order valence-electron chi connectivity index (χ0n) is 11.4. The van der Waals surface area contributed by atoms with Gasteiger partial charge in [0.2, 0.25) is 0 Å². The quantitative estimate of drug-likeness (QED) is 0.727. The normalized spacial score (nSPS) is 12.0. The molecule has 0 aliphatic carbocycles. The summed E-state index contributed by atoms with van der Waals surface area (Å²) in [4.78, 5) is 10.7. The number of hydrogen-bond donors (Lipinski definition) is 1. The fourth-order valence-corrected chi connectivity index (χ4v) is 2.38. The van der Waals surface area contributed by atoms with Gasteiger partial charge in [0.15, 0.2) is 0 Å². The molecule has 0 amide bonds. The number of benzene rings is 1. The number of rotatable bonds is 1. The van der Waals surface area contributed by atoms with Crippen molar-refractivity contribution < 1.29 is 13.2 Å². The Kier molecular flexibility index (Phi) is 2.97. The first-order valence-corrected chi connectivity index (χ1v) is 6.36. The molecule has 0 aliphatic heterocycles. The Bertz CT molecular complexity index is 819. The third kappa shape index (κ3) is 2.26. The molecule has 0 bridgehead atoms. The van der Waals surface area contributed by atoms with E-state index in [2.05, 4.69) is 15.0 Å². The lowest BCUT2D eigenvalue weighted by atomic mass is 10.0. The van der Waals surface area contributed by atoms with Gasteiger partial charge < -0.3 is 4.98 Å². The number of alkyl halides is 3. The Hall–Kier alpha value is -2.37. The zero-order valence-corrected chi connectivity index (χ0v) is 11.4. The van der Waals surface area contributed by atoms with Crippen molar-refractivity contribution in [3.05, 3.63) is 47.5 Å². The van der Waals surface area contributed by atoms with Gasteiger partial charge in [0.05, 0.1) is 5.69 Å². The molecule has 0 saturated heterocycles. The van der Waals surface area contributed by atoms with E-state index in [4.69, 9.17) is 0 Å². The highest BCUT2D eigenvalue weighted by Gasteiger charge is 2.35. The lowest BCUT2D eigenvalue weighted by molar-refractivity contribution is -0.137. The maximum atomic E-state index is 13.2. The summed E-state index contributed by atoms with van der Waals surface area (Å²) in [6, 6.07) is 5.50. The Morgan fingerprint density at radius 2 is 1.90 bits per heavy atom. The maximum Gasteiger partial charge on any atom is 0.419 e. The number of aryl methyl sites for hydroxylation is 2. The number of hydrogen-bond acceptors (Lipinski definition) is 2. The molecule has 0 aliphatic rings. The largest absolute Gasteiger partial charge is 0.419 e. The van der Waals surface area contributed by atoms with Crippen LogP contribution in [0.4, 0.5) is 13.2 Å². The predicted octanol–water partition coefficient (Wildman–Crippen LogP) is 4.26. The average molecular weight is 291 g/mol. The molecular formula is C15H12F3N3. The fraction of sp³-hybridized carbons (Fsp3) is 0.200. The topological polar surface area (TPSA) is 41.6 Å². The van der Waals surface area contributed by atoms with Crippen LogP contribution in [0.15, 0.2) is 30.6 Å². The molecule has 0 fully saturated rings. The minimum absolute atomic E-state index is 0.0909. The van der Waals surface area contributed by atoms with E-state index in [0.29, 0.717) is 11.4 Å². The summed E-state index contributed by atoms with van der Waals surface area (Å²) in [6.45, 7) is 3.47. The molecule has 108 valence electrons. The molecule has 21 heavy (non-hydrogen) atoms. The first-order valence-electron chi connectivity index (χ1n) is 6.36. The van der Waals surface area contributed by atoms with Gasteiger partial charge in [0.1, 0.15) is 11.4 Å². The number of nitrogens with zero attached hydrogens (tertiary/aromatic N) is 2. The van der Waals surface area contributed by atoms with Crippen LogP contribution in [0.2, 0.25) is 0 Å². The molecule has 0 radical (unpaired) electrons. The molecule has 0 atom stereocenters. The summed E-state index contributed by atoms with van der Waals surface area (Å²) in [7, 11) is 0. The molecule has 0 saturated carbocycles. The van der Waals surface area contributed by atoms with E-state index in [9.17, 15) is 13.2 Å². The van der Waals surface area contributed by atoms with Gasteiger partial charge in [-0.15, -0.1) is 0 Å². The van der Waals surface area contributed by atoms with Crippen LogP contribution in [-0.4, -0.2) is 15.0 Å². The van der Waals surface area contributed by atoms with Crippen LogP contribution >= 0.6 is 0 Å². The molecule has 2 aromatic heterocycles. The lowest BCUT2D eigenvalue weighted by Crippen LogP contribution is -2.10. The number of aromatic amines is 1. The van der Waals surface area contributed by atoms with E-state index in [0.717, 1.165) is 22.7 Å². The second-order valence-electron chi connectivity index (χ2n) is 4.88.